The molecule has 3 rings (SSSR count). The first kappa shape index (κ1) is 20.2. The molecule has 0 unspecified atom stereocenters. The number of aromatic nitrogens is 4. The van der Waals surface area contributed by atoms with E-state index in [0.29, 0.717) is 0 Å². The Morgan fingerprint density at radius 1 is 1.08 bits per heavy atom. The number of hydrogen-bond acceptors (Lipinski definition) is 6. The van der Waals surface area contributed by atoms with Gasteiger partial charge < -0.3 is 10.1 Å². The summed E-state index contributed by atoms with van der Waals surface area (Å²) in [4.78, 5) is 0. The molecule has 6 nitrogen and oxygen atoms in total. The van der Waals surface area contributed by atoms with Gasteiger partial charge in [-0.15, -0.1) is 17.5 Å². The monoisotopic (exact) mass is 391 g/mol. The van der Waals surface area contributed by atoms with E-state index in [4.69, 9.17) is 4.74 Å². The minimum Gasteiger partial charge on any atom is -0.497 e. The second kappa shape index (κ2) is 10.8. The second-order valence-corrected chi connectivity index (χ2v) is 6.50. The Bertz CT molecular complexity index is 767. The van der Waals surface area contributed by atoms with E-state index in [-0.39, 0.29) is 12.4 Å². The SMILES string of the molecule is COc1ccc(CNCCCSc2nnnn2-c2ccccc2)cc1.Cl. The van der Waals surface area contributed by atoms with Gasteiger partial charge in [0.2, 0.25) is 5.16 Å². The molecule has 0 radical (unpaired) electrons. The third-order valence-corrected chi connectivity index (χ3v) is 4.66. The number of para-hydroxylation sites is 1. The van der Waals surface area contributed by atoms with Crippen LogP contribution in [-0.4, -0.2) is 39.6 Å². The van der Waals surface area contributed by atoms with Crippen molar-refractivity contribution in [1.82, 2.24) is 25.5 Å². The summed E-state index contributed by atoms with van der Waals surface area (Å²) in [5, 5.41) is 16.2. The number of thioether (sulfide) groups is 1. The zero-order valence-corrected chi connectivity index (χ0v) is 16.2. The lowest BCUT2D eigenvalue weighted by atomic mass is 10.2. The number of nitrogens with zero attached hydrogens (tertiary/aromatic N) is 4. The number of tetrazole rings is 1. The quantitative estimate of drug-likeness (QED) is 0.445. The van der Waals surface area contributed by atoms with E-state index in [1.54, 1.807) is 23.6 Å². The van der Waals surface area contributed by atoms with Gasteiger partial charge in [0, 0.05) is 12.3 Å². The van der Waals surface area contributed by atoms with E-state index in [2.05, 4.69) is 33.0 Å². The molecule has 0 amide bonds. The molecule has 138 valence electrons. The smallest absolute Gasteiger partial charge is 0.214 e. The minimum atomic E-state index is 0. The Labute approximate surface area is 163 Å². The lowest BCUT2D eigenvalue weighted by molar-refractivity contribution is 0.414. The van der Waals surface area contributed by atoms with E-state index in [1.165, 1.54) is 5.56 Å². The van der Waals surface area contributed by atoms with E-state index in [0.717, 1.165) is 41.9 Å². The molecule has 1 aromatic heterocycles. The summed E-state index contributed by atoms with van der Waals surface area (Å²) in [6.45, 7) is 1.81. The molecule has 0 aliphatic heterocycles. The van der Waals surface area contributed by atoms with Crippen molar-refractivity contribution in [2.45, 2.75) is 18.1 Å². The second-order valence-electron chi connectivity index (χ2n) is 5.44. The van der Waals surface area contributed by atoms with E-state index >= 15 is 0 Å². The molecule has 0 atom stereocenters. The van der Waals surface area contributed by atoms with Gasteiger partial charge in [-0.25, -0.2) is 0 Å². The summed E-state index contributed by atoms with van der Waals surface area (Å²) < 4.78 is 6.94. The van der Waals surface area contributed by atoms with Gasteiger partial charge in [0.1, 0.15) is 5.75 Å². The maximum Gasteiger partial charge on any atom is 0.214 e. The van der Waals surface area contributed by atoms with Crippen LogP contribution in [0, 0.1) is 0 Å². The molecule has 0 aliphatic carbocycles. The number of nitrogens with one attached hydrogen (secondary N) is 1. The van der Waals surface area contributed by atoms with Crippen molar-refractivity contribution >= 4 is 24.2 Å². The predicted octanol–water partition coefficient (Wildman–Crippen LogP) is 3.36. The van der Waals surface area contributed by atoms with Crippen LogP contribution >= 0.6 is 24.2 Å². The van der Waals surface area contributed by atoms with Crippen molar-refractivity contribution in [3.8, 4) is 11.4 Å². The molecule has 1 heterocycles. The van der Waals surface area contributed by atoms with Crippen LogP contribution in [0.4, 0.5) is 0 Å². The van der Waals surface area contributed by atoms with Gasteiger partial charge in [-0.05, 0) is 53.2 Å². The highest BCUT2D eigenvalue weighted by molar-refractivity contribution is 7.99. The van der Waals surface area contributed by atoms with Gasteiger partial charge in [-0.2, -0.15) is 4.68 Å². The van der Waals surface area contributed by atoms with Gasteiger partial charge in [0.15, 0.2) is 0 Å². The van der Waals surface area contributed by atoms with Gasteiger partial charge in [0.05, 0.1) is 12.8 Å². The third-order valence-electron chi connectivity index (χ3n) is 3.66. The highest BCUT2D eigenvalue weighted by Crippen LogP contribution is 2.18. The number of methoxy groups -OCH3 is 1. The van der Waals surface area contributed by atoms with Crippen molar-refractivity contribution in [2.75, 3.05) is 19.4 Å². The molecule has 3 aromatic rings. The first-order valence-electron chi connectivity index (χ1n) is 8.17. The molecule has 2 aromatic carbocycles. The van der Waals surface area contributed by atoms with E-state index in [9.17, 15) is 0 Å². The maximum atomic E-state index is 5.16. The summed E-state index contributed by atoms with van der Waals surface area (Å²) in [5.41, 5.74) is 2.23. The van der Waals surface area contributed by atoms with Gasteiger partial charge in [0.25, 0.3) is 0 Å². The van der Waals surface area contributed by atoms with Crippen LogP contribution in [0.1, 0.15) is 12.0 Å². The highest BCUT2D eigenvalue weighted by Gasteiger charge is 2.07. The Morgan fingerprint density at radius 2 is 1.85 bits per heavy atom. The molecule has 26 heavy (non-hydrogen) atoms. The Kier molecular flexibility index (Phi) is 8.40. The van der Waals surface area contributed by atoms with Crippen molar-refractivity contribution in [1.29, 1.82) is 0 Å². The average Bonchev–Trinajstić information content (AvgIpc) is 3.14. The highest BCUT2D eigenvalue weighted by atomic mass is 35.5. The molecular weight excluding hydrogens is 370 g/mol. The molecular formula is C18H22ClN5OS. The minimum absolute atomic E-state index is 0. The number of benzene rings is 2. The first-order valence-corrected chi connectivity index (χ1v) is 9.15. The summed E-state index contributed by atoms with van der Waals surface area (Å²) in [7, 11) is 1.68. The van der Waals surface area contributed by atoms with Crippen LogP contribution in [-0.2, 0) is 6.54 Å². The van der Waals surface area contributed by atoms with Crippen molar-refractivity contribution < 1.29 is 4.74 Å². The number of hydrogen-bond donors (Lipinski definition) is 1. The van der Waals surface area contributed by atoms with Crippen molar-refractivity contribution in [3.05, 3.63) is 60.2 Å². The molecule has 0 spiro atoms. The van der Waals surface area contributed by atoms with Crippen LogP contribution < -0.4 is 10.1 Å². The summed E-state index contributed by atoms with van der Waals surface area (Å²) in [6.07, 6.45) is 1.04. The zero-order chi connectivity index (χ0) is 17.3. The fourth-order valence-corrected chi connectivity index (χ4v) is 3.17. The molecule has 0 fully saturated rings. The summed E-state index contributed by atoms with van der Waals surface area (Å²) >= 11 is 1.67. The van der Waals surface area contributed by atoms with Crippen LogP contribution in [0.15, 0.2) is 59.8 Å². The average molecular weight is 392 g/mol. The molecule has 0 bridgehead atoms. The van der Waals surface area contributed by atoms with Crippen LogP contribution in [0.25, 0.3) is 5.69 Å². The fraction of sp³-hybridized carbons (Fsp3) is 0.278. The Balaban J connectivity index is 0.00000243. The van der Waals surface area contributed by atoms with Gasteiger partial charge in [-0.3, -0.25) is 0 Å². The normalized spacial score (nSPS) is 10.3. The molecule has 0 saturated carbocycles. The standard InChI is InChI=1S/C18H21N5OS.ClH/c1-24-17-10-8-15(9-11-17)14-19-12-5-13-25-18-20-21-22-23(18)16-6-3-2-4-7-16;/h2-4,6-11,19H,5,12-14H2,1H3;1H. The largest absolute Gasteiger partial charge is 0.497 e. The fourth-order valence-electron chi connectivity index (χ4n) is 2.34. The summed E-state index contributed by atoms with van der Waals surface area (Å²) in [5.74, 6) is 1.85. The Hall–Kier alpha value is -2.09. The van der Waals surface area contributed by atoms with E-state index < -0.39 is 0 Å². The number of ether oxygens (including phenoxy) is 1. The number of rotatable bonds is 9. The van der Waals surface area contributed by atoms with Crippen molar-refractivity contribution in [3.63, 3.8) is 0 Å². The van der Waals surface area contributed by atoms with Gasteiger partial charge >= 0.3 is 0 Å². The van der Waals surface area contributed by atoms with Gasteiger partial charge in [-0.1, -0.05) is 42.1 Å². The van der Waals surface area contributed by atoms with Crippen LogP contribution in [0.2, 0.25) is 0 Å². The topological polar surface area (TPSA) is 64.9 Å². The number of halogens is 1. The maximum absolute atomic E-state index is 5.16. The lowest BCUT2D eigenvalue weighted by Crippen LogP contribution is -2.15. The molecule has 0 saturated heterocycles. The Morgan fingerprint density at radius 3 is 2.58 bits per heavy atom. The van der Waals surface area contributed by atoms with Crippen molar-refractivity contribution in [2.24, 2.45) is 0 Å². The zero-order valence-electron chi connectivity index (χ0n) is 14.5. The molecule has 0 aliphatic rings. The molecule has 1 N–H and O–H groups in total. The van der Waals surface area contributed by atoms with E-state index in [1.807, 2.05) is 42.5 Å². The van der Waals surface area contributed by atoms with Crippen LogP contribution in [0.3, 0.4) is 0 Å². The van der Waals surface area contributed by atoms with Crippen LogP contribution in [0.5, 0.6) is 5.75 Å². The molecule has 8 heteroatoms. The first-order chi connectivity index (χ1) is 12.4. The lowest BCUT2D eigenvalue weighted by Gasteiger charge is -2.06. The predicted molar refractivity (Wildman–Crippen MR) is 106 cm³/mol. The third kappa shape index (κ3) is 5.72. The summed E-state index contributed by atoms with van der Waals surface area (Å²) in [6, 6.07) is 18.1.